The van der Waals surface area contributed by atoms with Gasteiger partial charge in [0.05, 0.1) is 21.7 Å². The van der Waals surface area contributed by atoms with Crippen LogP contribution in [0.2, 0.25) is 10.0 Å². The number of aromatic nitrogens is 2. The van der Waals surface area contributed by atoms with Crippen molar-refractivity contribution >= 4 is 46.6 Å². The van der Waals surface area contributed by atoms with Gasteiger partial charge < -0.3 is 9.80 Å². The molecule has 0 saturated carbocycles. The van der Waals surface area contributed by atoms with Gasteiger partial charge in [-0.2, -0.15) is 0 Å². The van der Waals surface area contributed by atoms with Gasteiger partial charge in [-0.25, -0.2) is 4.98 Å². The molecule has 1 aromatic heterocycles. The van der Waals surface area contributed by atoms with Crippen LogP contribution in [0, 0.1) is 12.8 Å². The number of hydrogen-bond donors (Lipinski definition) is 0. The van der Waals surface area contributed by atoms with E-state index in [-0.39, 0.29) is 17.4 Å². The molecule has 1 atom stereocenters. The van der Waals surface area contributed by atoms with E-state index in [4.69, 9.17) is 23.2 Å². The number of piperazine rings is 1. The number of rotatable bonds is 3. The molecular formula is C21H24Cl2N4O2S. The number of anilines is 1. The summed E-state index contributed by atoms with van der Waals surface area (Å²) in [5.74, 6) is 0.544. The van der Waals surface area contributed by atoms with Crippen LogP contribution in [0.1, 0.15) is 18.2 Å². The van der Waals surface area contributed by atoms with Crippen molar-refractivity contribution in [1.29, 1.82) is 0 Å². The van der Waals surface area contributed by atoms with Crippen molar-refractivity contribution in [3.63, 3.8) is 0 Å². The summed E-state index contributed by atoms with van der Waals surface area (Å²) >= 11 is 14.0. The summed E-state index contributed by atoms with van der Waals surface area (Å²) in [7, 11) is 0. The summed E-state index contributed by atoms with van der Waals surface area (Å²) in [6.45, 7) is 6.88. The van der Waals surface area contributed by atoms with Crippen LogP contribution in [0.15, 0.2) is 28.2 Å². The first-order valence-electron chi connectivity index (χ1n) is 10.1. The van der Waals surface area contributed by atoms with Gasteiger partial charge in [-0.1, -0.05) is 48.0 Å². The number of halogens is 2. The molecule has 0 bridgehead atoms. The molecule has 2 aromatic rings. The van der Waals surface area contributed by atoms with Crippen molar-refractivity contribution in [2.75, 3.05) is 36.8 Å². The van der Waals surface area contributed by atoms with Gasteiger partial charge in [0.25, 0.3) is 5.56 Å². The predicted molar refractivity (Wildman–Crippen MR) is 122 cm³/mol. The number of thioether (sulfide) groups is 1. The maximum atomic E-state index is 13.2. The van der Waals surface area contributed by atoms with Gasteiger partial charge in [-0.15, -0.1) is 0 Å². The van der Waals surface area contributed by atoms with E-state index in [0.717, 1.165) is 22.1 Å². The Kier molecular flexibility index (Phi) is 6.32. The second kappa shape index (κ2) is 8.81. The van der Waals surface area contributed by atoms with Gasteiger partial charge in [-0.05, 0) is 25.5 Å². The van der Waals surface area contributed by atoms with Gasteiger partial charge in [0.2, 0.25) is 5.91 Å². The average Bonchev–Trinajstić information content (AvgIpc) is 2.75. The first kappa shape index (κ1) is 21.5. The highest BCUT2D eigenvalue weighted by molar-refractivity contribution is 7.99. The number of carbonyl (C=O) groups is 1. The minimum absolute atomic E-state index is 0.00887. The molecular weight excluding hydrogens is 443 g/mol. The molecule has 1 fully saturated rings. The lowest BCUT2D eigenvalue weighted by Gasteiger charge is -2.38. The first-order chi connectivity index (χ1) is 14.4. The Morgan fingerprint density at radius 2 is 1.97 bits per heavy atom. The number of carbonyl (C=O) groups excluding carboxylic acids is 1. The SMILES string of the molecule is CCc1c(C)nc2n(c1=O)CC(C(=O)N1CCN(c3cccc(Cl)c3Cl)CC1)CS2. The number of amides is 1. The van der Waals surface area contributed by atoms with Crippen LogP contribution in [-0.2, 0) is 17.8 Å². The van der Waals surface area contributed by atoms with Gasteiger partial charge in [0.1, 0.15) is 0 Å². The van der Waals surface area contributed by atoms with Crippen LogP contribution in [0.25, 0.3) is 0 Å². The van der Waals surface area contributed by atoms with E-state index in [2.05, 4.69) is 9.88 Å². The highest BCUT2D eigenvalue weighted by Crippen LogP contribution is 2.33. The minimum atomic E-state index is -0.212. The summed E-state index contributed by atoms with van der Waals surface area (Å²) in [5.41, 5.74) is 2.42. The van der Waals surface area contributed by atoms with Crippen LogP contribution in [0.5, 0.6) is 0 Å². The topological polar surface area (TPSA) is 58.4 Å². The summed E-state index contributed by atoms with van der Waals surface area (Å²) in [6, 6.07) is 5.61. The van der Waals surface area contributed by atoms with Crippen molar-refractivity contribution in [2.24, 2.45) is 5.92 Å². The van der Waals surface area contributed by atoms with Crippen LogP contribution in [0.3, 0.4) is 0 Å². The Hall–Kier alpha value is -1.70. The van der Waals surface area contributed by atoms with Crippen molar-refractivity contribution < 1.29 is 4.79 Å². The number of nitrogens with zero attached hydrogens (tertiary/aromatic N) is 4. The van der Waals surface area contributed by atoms with Crippen molar-refractivity contribution in [3.05, 3.63) is 49.9 Å². The largest absolute Gasteiger partial charge is 0.367 e. The van der Waals surface area contributed by atoms with Crippen molar-refractivity contribution in [3.8, 4) is 0 Å². The average molecular weight is 467 g/mol. The normalized spacial score (nSPS) is 19.0. The Bertz CT molecular complexity index is 1030. The first-order valence-corrected chi connectivity index (χ1v) is 11.9. The molecule has 0 aliphatic carbocycles. The van der Waals surface area contributed by atoms with E-state index >= 15 is 0 Å². The molecule has 1 saturated heterocycles. The Labute approximate surface area is 190 Å². The smallest absolute Gasteiger partial charge is 0.257 e. The fourth-order valence-corrected chi connectivity index (χ4v) is 5.64. The lowest BCUT2D eigenvalue weighted by molar-refractivity contribution is -0.135. The Morgan fingerprint density at radius 1 is 1.23 bits per heavy atom. The standard InChI is InChI=1S/C21H24Cl2N4O2S/c1-3-15-13(2)24-21-27(20(15)29)11-14(12-30-21)19(28)26-9-7-25(8-10-26)17-6-4-5-16(22)18(17)23/h4-6,14H,3,7-12H2,1-2H3. The molecule has 0 radical (unpaired) electrons. The highest BCUT2D eigenvalue weighted by atomic mass is 35.5. The molecule has 0 N–H and O–H groups in total. The fourth-order valence-electron chi connectivity index (χ4n) is 4.11. The zero-order valence-corrected chi connectivity index (χ0v) is 19.4. The Balaban J connectivity index is 1.44. The maximum Gasteiger partial charge on any atom is 0.257 e. The molecule has 2 aliphatic rings. The second-order valence-electron chi connectivity index (χ2n) is 7.62. The zero-order chi connectivity index (χ0) is 21.4. The molecule has 6 nitrogen and oxygen atoms in total. The summed E-state index contributed by atoms with van der Waals surface area (Å²) < 4.78 is 1.69. The van der Waals surface area contributed by atoms with Gasteiger partial charge in [0, 0.05) is 49.7 Å². The van der Waals surface area contributed by atoms with E-state index in [1.807, 2.05) is 30.9 Å². The van der Waals surface area contributed by atoms with Crippen LogP contribution in [0.4, 0.5) is 5.69 Å². The quantitative estimate of drug-likeness (QED) is 0.647. The molecule has 1 unspecified atom stereocenters. The van der Waals surface area contributed by atoms with Gasteiger partial charge in [-0.3, -0.25) is 14.2 Å². The summed E-state index contributed by atoms with van der Waals surface area (Å²) in [6.07, 6.45) is 0.648. The van der Waals surface area contributed by atoms with Gasteiger partial charge in [0.15, 0.2) is 5.16 Å². The van der Waals surface area contributed by atoms with Crippen molar-refractivity contribution in [1.82, 2.24) is 14.5 Å². The van der Waals surface area contributed by atoms with E-state index in [1.165, 1.54) is 11.8 Å². The van der Waals surface area contributed by atoms with E-state index < -0.39 is 0 Å². The van der Waals surface area contributed by atoms with E-state index in [0.29, 0.717) is 54.9 Å². The monoisotopic (exact) mass is 466 g/mol. The molecule has 9 heteroatoms. The van der Waals surface area contributed by atoms with Crippen LogP contribution < -0.4 is 10.5 Å². The number of hydrogen-bond acceptors (Lipinski definition) is 5. The third-order valence-corrected chi connectivity index (χ3v) is 7.76. The molecule has 2 aliphatic heterocycles. The predicted octanol–water partition coefficient (Wildman–Crippen LogP) is 3.49. The third kappa shape index (κ3) is 3.95. The Morgan fingerprint density at radius 3 is 2.67 bits per heavy atom. The molecule has 3 heterocycles. The molecule has 160 valence electrons. The number of fused-ring (bicyclic) bond motifs is 1. The van der Waals surface area contributed by atoms with Crippen LogP contribution in [-0.4, -0.2) is 52.3 Å². The molecule has 1 amide bonds. The van der Waals surface area contributed by atoms with E-state index in [1.54, 1.807) is 10.6 Å². The highest BCUT2D eigenvalue weighted by Gasteiger charge is 2.32. The van der Waals surface area contributed by atoms with Crippen LogP contribution >= 0.6 is 35.0 Å². The second-order valence-corrected chi connectivity index (χ2v) is 9.39. The summed E-state index contributed by atoms with van der Waals surface area (Å²) in [5, 5.41) is 1.80. The van der Waals surface area contributed by atoms with Gasteiger partial charge >= 0.3 is 0 Å². The van der Waals surface area contributed by atoms with Crippen molar-refractivity contribution in [2.45, 2.75) is 32.0 Å². The number of benzene rings is 1. The molecule has 1 aromatic carbocycles. The lowest BCUT2D eigenvalue weighted by atomic mass is 10.1. The molecule has 30 heavy (non-hydrogen) atoms. The molecule has 4 rings (SSSR count). The third-order valence-electron chi connectivity index (χ3n) is 5.82. The minimum Gasteiger partial charge on any atom is -0.367 e. The maximum absolute atomic E-state index is 13.2. The number of aryl methyl sites for hydroxylation is 1. The zero-order valence-electron chi connectivity index (χ0n) is 17.0. The summed E-state index contributed by atoms with van der Waals surface area (Å²) in [4.78, 5) is 34.6. The van der Waals surface area contributed by atoms with E-state index in [9.17, 15) is 9.59 Å². The fraction of sp³-hybridized carbons (Fsp3) is 0.476. The molecule has 0 spiro atoms. The lowest BCUT2D eigenvalue weighted by Crippen LogP contribution is -2.52.